The summed E-state index contributed by atoms with van der Waals surface area (Å²) in [6.07, 6.45) is -2.95. The number of hydrogen-bond donors (Lipinski definition) is 1. The normalized spacial score (nSPS) is 10.5. The van der Waals surface area contributed by atoms with E-state index >= 15 is 0 Å². The van der Waals surface area contributed by atoms with Gasteiger partial charge in [-0.3, -0.25) is 4.79 Å². The van der Waals surface area contributed by atoms with Crippen molar-refractivity contribution in [2.75, 3.05) is 0 Å². The van der Waals surface area contributed by atoms with Crippen LogP contribution in [-0.2, 0) is 0 Å². The van der Waals surface area contributed by atoms with E-state index in [0.29, 0.717) is 0 Å². The lowest BCUT2D eigenvalue weighted by atomic mass is 10.2. The molecule has 0 saturated carbocycles. The number of hydrogen-bond acceptors (Lipinski definition) is 2. The summed E-state index contributed by atoms with van der Waals surface area (Å²) in [7, 11) is 0. The number of amides is 1. The van der Waals surface area contributed by atoms with Crippen LogP contribution in [0.1, 0.15) is 22.5 Å². The number of aromatic nitrogens is 1. The summed E-state index contributed by atoms with van der Waals surface area (Å²) < 4.78 is 36.6. The molecule has 0 aromatic carbocycles. The van der Waals surface area contributed by atoms with Gasteiger partial charge in [0.25, 0.3) is 12.3 Å². The number of primary amides is 1. The van der Waals surface area contributed by atoms with Crippen LogP contribution < -0.4 is 5.73 Å². The van der Waals surface area contributed by atoms with Crippen molar-refractivity contribution in [3.8, 4) is 0 Å². The van der Waals surface area contributed by atoms with Crippen molar-refractivity contribution in [2.24, 2.45) is 5.73 Å². The van der Waals surface area contributed by atoms with Gasteiger partial charge in [0, 0.05) is 0 Å². The third-order valence-corrected chi connectivity index (χ3v) is 1.37. The number of carbonyl (C=O) groups excluding carboxylic acids is 1. The Kier molecular flexibility index (Phi) is 2.50. The highest BCUT2D eigenvalue weighted by molar-refractivity contribution is 5.90. The molecule has 0 aliphatic heterocycles. The fourth-order valence-corrected chi connectivity index (χ4v) is 0.745. The van der Waals surface area contributed by atoms with Crippen LogP contribution in [0.3, 0.4) is 0 Å². The topological polar surface area (TPSA) is 56.0 Å². The molecular weight excluding hydrogens is 185 g/mol. The molecule has 1 amide bonds. The van der Waals surface area contributed by atoms with Gasteiger partial charge in [-0.15, -0.1) is 0 Å². The first-order chi connectivity index (χ1) is 6.02. The Morgan fingerprint density at radius 1 is 1.46 bits per heavy atom. The molecule has 0 atom stereocenters. The van der Waals surface area contributed by atoms with Gasteiger partial charge in [0.15, 0.2) is 0 Å². The third kappa shape index (κ3) is 1.95. The molecule has 1 heterocycles. The second kappa shape index (κ2) is 3.42. The van der Waals surface area contributed by atoms with E-state index in [9.17, 15) is 18.0 Å². The van der Waals surface area contributed by atoms with Crippen molar-refractivity contribution in [3.63, 3.8) is 0 Å². The van der Waals surface area contributed by atoms with Gasteiger partial charge >= 0.3 is 0 Å². The van der Waals surface area contributed by atoms with E-state index in [2.05, 4.69) is 4.98 Å². The minimum Gasteiger partial charge on any atom is -0.364 e. The molecule has 0 aliphatic rings. The van der Waals surface area contributed by atoms with E-state index in [1.54, 1.807) is 0 Å². The highest BCUT2D eigenvalue weighted by atomic mass is 19.3. The zero-order valence-electron chi connectivity index (χ0n) is 6.30. The number of alkyl halides is 2. The van der Waals surface area contributed by atoms with Gasteiger partial charge in [0.05, 0.1) is 5.56 Å². The minimum absolute atomic E-state index is 0.373. The molecule has 0 spiro atoms. The van der Waals surface area contributed by atoms with Crippen molar-refractivity contribution >= 4 is 5.91 Å². The first-order valence-electron chi connectivity index (χ1n) is 3.26. The monoisotopic (exact) mass is 190 g/mol. The molecule has 2 N–H and O–H groups in total. The van der Waals surface area contributed by atoms with E-state index in [1.807, 2.05) is 0 Å². The number of carbonyl (C=O) groups is 1. The first-order valence-corrected chi connectivity index (χ1v) is 3.26. The molecule has 0 saturated heterocycles. The second-order valence-corrected chi connectivity index (χ2v) is 2.24. The maximum atomic E-state index is 12.7. The predicted octanol–water partition coefficient (Wildman–Crippen LogP) is 1.26. The van der Waals surface area contributed by atoms with Crippen molar-refractivity contribution in [1.82, 2.24) is 4.98 Å². The molecule has 1 aromatic rings. The largest absolute Gasteiger partial charge is 0.364 e. The zero-order chi connectivity index (χ0) is 10.0. The number of pyridine rings is 1. The second-order valence-electron chi connectivity index (χ2n) is 2.24. The van der Waals surface area contributed by atoms with E-state index in [1.165, 1.54) is 0 Å². The number of nitrogens with two attached hydrogens (primary N) is 1. The Hall–Kier alpha value is -1.59. The lowest BCUT2D eigenvalue weighted by Crippen LogP contribution is -2.14. The summed E-state index contributed by atoms with van der Waals surface area (Å²) in [5, 5.41) is 0. The summed E-state index contributed by atoms with van der Waals surface area (Å²) in [4.78, 5) is 13.4. The van der Waals surface area contributed by atoms with Gasteiger partial charge in [-0.1, -0.05) is 0 Å². The SMILES string of the molecule is NC(=O)c1ccc(C(F)F)c(F)n1. The van der Waals surface area contributed by atoms with Gasteiger partial charge in [0.2, 0.25) is 5.95 Å². The predicted molar refractivity (Wildman–Crippen MR) is 37.7 cm³/mol. The quantitative estimate of drug-likeness (QED) is 0.713. The fourth-order valence-electron chi connectivity index (χ4n) is 0.745. The minimum atomic E-state index is -2.95. The van der Waals surface area contributed by atoms with E-state index in [0.717, 1.165) is 12.1 Å². The van der Waals surface area contributed by atoms with E-state index < -0.39 is 23.8 Å². The van der Waals surface area contributed by atoms with Gasteiger partial charge in [-0.25, -0.2) is 13.8 Å². The number of nitrogens with zero attached hydrogens (tertiary/aromatic N) is 1. The molecule has 1 rings (SSSR count). The summed E-state index contributed by atoms with van der Waals surface area (Å²) >= 11 is 0. The lowest BCUT2D eigenvalue weighted by molar-refractivity contribution is 0.0992. The molecule has 1 aromatic heterocycles. The summed E-state index contributed by atoms with van der Waals surface area (Å²) in [6, 6.07) is 1.74. The Morgan fingerprint density at radius 3 is 2.46 bits per heavy atom. The van der Waals surface area contributed by atoms with Crippen LogP contribution in [0.5, 0.6) is 0 Å². The molecule has 0 radical (unpaired) electrons. The Bertz CT molecular complexity index is 341. The Balaban J connectivity index is 3.13. The zero-order valence-corrected chi connectivity index (χ0v) is 6.30. The summed E-state index contributed by atoms with van der Waals surface area (Å²) in [5.74, 6) is -2.33. The van der Waals surface area contributed by atoms with Crippen LogP contribution in [0.2, 0.25) is 0 Å². The number of rotatable bonds is 2. The van der Waals surface area contributed by atoms with Crippen LogP contribution in [0, 0.1) is 5.95 Å². The van der Waals surface area contributed by atoms with Crippen LogP contribution in [0.15, 0.2) is 12.1 Å². The van der Waals surface area contributed by atoms with Crippen LogP contribution in [0.4, 0.5) is 13.2 Å². The van der Waals surface area contributed by atoms with Gasteiger partial charge < -0.3 is 5.73 Å². The third-order valence-electron chi connectivity index (χ3n) is 1.37. The fraction of sp³-hybridized carbons (Fsp3) is 0.143. The van der Waals surface area contributed by atoms with Crippen molar-refractivity contribution in [3.05, 3.63) is 29.3 Å². The Morgan fingerprint density at radius 2 is 2.08 bits per heavy atom. The van der Waals surface area contributed by atoms with Crippen LogP contribution >= 0.6 is 0 Å². The molecule has 0 fully saturated rings. The summed E-state index contributed by atoms with van der Waals surface area (Å²) in [5.41, 5.74) is 3.54. The molecule has 70 valence electrons. The molecular formula is C7H5F3N2O. The van der Waals surface area contributed by atoms with Crippen LogP contribution in [0.25, 0.3) is 0 Å². The van der Waals surface area contributed by atoms with E-state index in [-0.39, 0.29) is 5.69 Å². The average Bonchev–Trinajstić information content (AvgIpc) is 2.03. The molecule has 13 heavy (non-hydrogen) atoms. The van der Waals surface area contributed by atoms with Crippen LogP contribution in [-0.4, -0.2) is 10.9 Å². The van der Waals surface area contributed by atoms with Crippen molar-refractivity contribution in [2.45, 2.75) is 6.43 Å². The maximum absolute atomic E-state index is 12.7. The van der Waals surface area contributed by atoms with Crippen molar-refractivity contribution < 1.29 is 18.0 Å². The molecule has 0 unspecified atom stereocenters. The highest BCUT2D eigenvalue weighted by Crippen LogP contribution is 2.20. The molecule has 0 aliphatic carbocycles. The van der Waals surface area contributed by atoms with Crippen molar-refractivity contribution in [1.29, 1.82) is 0 Å². The Labute approximate surface area is 71.4 Å². The van der Waals surface area contributed by atoms with Gasteiger partial charge in [-0.2, -0.15) is 4.39 Å². The summed E-state index contributed by atoms with van der Waals surface area (Å²) in [6.45, 7) is 0. The average molecular weight is 190 g/mol. The van der Waals surface area contributed by atoms with Gasteiger partial charge in [-0.05, 0) is 12.1 Å². The standard InChI is InChI=1S/C7H5F3N2O/c8-5(9)3-1-2-4(7(11)13)12-6(3)10/h1-2,5H,(H2,11,13). The lowest BCUT2D eigenvalue weighted by Gasteiger charge is -2.01. The molecule has 3 nitrogen and oxygen atoms in total. The molecule has 6 heteroatoms. The molecule has 0 bridgehead atoms. The highest BCUT2D eigenvalue weighted by Gasteiger charge is 2.15. The van der Waals surface area contributed by atoms with Gasteiger partial charge in [0.1, 0.15) is 5.69 Å². The number of halogens is 3. The first kappa shape index (κ1) is 9.50. The smallest absolute Gasteiger partial charge is 0.268 e. The van der Waals surface area contributed by atoms with E-state index in [4.69, 9.17) is 5.73 Å². The maximum Gasteiger partial charge on any atom is 0.268 e.